The molecule has 1 saturated heterocycles. The number of hydrogen-bond acceptors (Lipinski definition) is 3. The van der Waals surface area contributed by atoms with E-state index in [9.17, 15) is 4.79 Å². The van der Waals surface area contributed by atoms with Crippen LogP contribution in [0.3, 0.4) is 0 Å². The molecule has 2 atom stereocenters. The maximum Gasteiger partial charge on any atom is 0.224 e. The third-order valence-electron chi connectivity index (χ3n) is 4.21. The van der Waals surface area contributed by atoms with E-state index < -0.39 is 0 Å². The number of carbonyl (C=O) groups is 1. The van der Waals surface area contributed by atoms with Crippen molar-refractivity contribution >= 4 is 5.91 Å². The fourth-order valence-corrected chi connectivity index (χ4v) is 2.78. The molecule has 0 N–H and O–H groups in total. The first-order valence-corrected chi connectivity index (χ1v) is 7.71. The maximum absolute atomic E-state index is 12.0. The molecule has 4 heteroatoms. The van der Waals surface area contributed by atoms with Crippen molar-refractivity contribution in [1.82, 2.24) is 9.80 Å². The first-order chi connectivity index (χ1) is 10.0. The Balaban J connectivity index is 1.89. The predicted octanol–water partition coefficient (Wildman–Crippen LogP) is 2.73. The number of nitrogens with zero attached hydrogens (tertiary/aromatic N) is 2. The molecular formula is C17H26N2O2. The van der Waals surface area contributed by atoms with Crippen LogP contribution in [0.5, 0.6) is 5.75 Å². The molecule has 21 heavy (non-hydrogen) atoms. The average Bonchev–Trinajstić information content (AvgIpc) is 2.68. The quantitative estimate of drug-likeness (QED) is 0.807. The van der Waals surface area contributed by atoms with E-state index in [1.807, 2.05) is 24.0 Å². The molecule has 0 bridgehead atoms. The summed E-state index contributed by atoms with van der Waals surface area (Å²) in [5.41, 5.74) is 1.23. The third kappa shape index (κ3) is 3.97. The summed E-state index contributed by atoms with van der Waals surface area (Å²) >= 11 is 0. The van der Waals surface area contributed by atoms with Crippen molar-refractivity contribution in [2.24, 2.45) is 5.92 Å². The number of rotatable bonds is 6. The van der Waals surface area contributed by atoms with E-state index in [1.165, 1.54) is 5.56 Å². The van der Waals surface area contributed by atoms with Gasteiger partial charge >= 0.3 is 0 Å². The Kier molecular flexibility index (Phi) is 5.23. The third-order valence-corrected chi connectivity index (χ3v) is 4.21. The summed E-state index contributed by atoms with van der Waals surface area (Å²) in [6, 6.07) is 8.50. The zero-order valence-corrected chi connectivity index (χ0v) is 13.5. The molecule has 1 fully saturated rings. The highest BCUT2D eigenvalue weighted by molar-refractivity contribution is 5.79. The Bertz CT molecular complexity index is 472. The molecule has 0 saturated carbocycles. The molecule has 2 rings (SSSR count). The second-order valence-corrected chi connectivity index (χ2v) is 6.02. The van der Waals surface area contributed by atoms with Crippen LogP contribution in [0.15, 0.2) is 24.3 Å². The van der Waals surface area contributed by atoms with Crippen molar-refractivity contribution in [3.63, 3.8) is 0 Å². The lowest BCUT2D eigenvalue weighted by Gasteiger charge is -2.29. The van der Waals surface area contributed by atoms with Crippen LogP contribution in [0.2, 0.25) is 0 Å². The van der Waals surface area contributed by atoms with Crippen molar-refractivity contribution in [2.75, 3.05) is 20.3 Å². The van der Waals surface area contributed by atoms with Crippen LogP contribution < -0.4 is 4.74 Å². The van der Waals surface area contributed by atoms with E-state index in [1.54, 1.807) is 0 Å². The number of likely N-dealkylation sites (tertiary alicyclic amines) is 1. The van der Waals surface area contributed by atoms with Crippen molar-refractivity contribution in [3.05, 3.63) is 29.8 Å². The number of carbonyl (C=O) groups excluding carboxylic acids is 1. The highest BCUT2D eigenvalue weighted by atomic mass is 16.5. The van der Waals surface area contributed by atoms with E-state index in [2.05, 4.69) is 37.9 Å². The molecule has 4 nitrogen and oxygen atoms in total. The van der Waals surface area contributed by atoms with Crippen LogP contribution >= 0.6 is 0 Å². The SMILES string of the molecule is CCOc1ccc(CN(C)CN2C(=O)C[C@@H](C)[C@@H]2C)cc1. The molecule has 1 heterocycles. The monoisotopic (exact) mass is 290 g/mol. The van der Waals surface area contributed by atoms with Gasteiger partial charge in [-0.15, -0.1) is 0 Å². The van der Waals surface area contributed by atoms with E-state index in [0.29, 0.717) is 31.7 Å². The van der Waals surface area contributed by atoms with Gasteiger partial charge < -0.3 is 9.64 Å². The Hall–Kier alpha value is -1.55. The number of amides is 1. The Morgan fingerprint density at radius 1 is 1.29 bits per heavy atom. The van der Waals surface area contributed by atoms with Gasteiger partial charge in [-0.3, -0.25) is 9.69 Å². The summed E-state index contributed by atoms with van der Waals surface area (Å²) in [4.78, 5) is 16.2. The van der Waals surface area contributed by atoms with Crippen LogP contribution in [0.4, 0.5) is 0 Å². The molecule has 0 aromatic heterocycles. The number of benzene rings is 1. The molecular weight excluding hydrogens is 264 g/mol. The summed E-state index contributed by atoms with van der Waals surface area (Å²) in [6.07, 6.45) is 0.679. The van der Waals surface area contributed by atoms with Crippen LogP contribution in [-0.4, -0.2) is 42.1 Å². The summed E-state index contributed by atoms with van der Waals surface area (Å²) in [7, 11) is 2.06. The molecule has 1 aliphatic rings. The van der Waals surface area contributed by atoms with Gasteiger partial charge in [-0.2, -0.15) is 0 Å². The summed E-state index contributed by atoms with van der Waals surface area (Å²) in [5.74, 6) is 1.63. The van der Waals surface area contributed by atoms with Crippen LogP contribution in [-0.2, 0) is 11.3 Å². The smallest absolute Gasteiger partial charge is 0.224 e. The van der Waals surface area contributed by atoms with Gasteiger partial charge in [-0.25, -0.2) is 0 Å². The van der Waals surface area contributed by atoms with Crippen molar-refractivity contribution in [3.8, 4) is 5.75 Å². The molecule has 1 aromatic rings. The number of ether oxygens (including phenoxy) is 1. The Morgan fingerprint density at radius 2 is 1.95 bits per heavy atom. The van der Waals surface area contributed by atoms with Gasteiger partial charge in [-0.1, -0.05) is 19.1 Å². The molecule has 116 valence electrons. The summed E-state index contributed by atoms with van der Waals surface area (Å²) in [5, 5.41) is 0. The molecule has 1 aromatic carbocycles. The molecule has 0 radical (unpaired) electrons. The fourth-order valence-electron chi connectivity index (χ4n) is 2.78. The normalized spacial score (nSPS) is 22.1. The molecule has 0 spiro atoms. The average molecular weight is 290 g/mol. The van der Waals surface area contributed by atoms with Crippen LogP contribution in [0, 0.1) is 5.92 Å². The molecule has 1 aliphatic heterocycles. The van der Waals surface area contributed by atoms with Crippen LogP contribution in [0.25, 0.3) is 0 Å². The van der Waals surface area contributed by atoms with Gasteiger partial charge in [-0.05, 0) is 44.5 Å². The van der Waals surface area contributed by atoms with Crippen molar-refractivity contribution in [2.45, 2.75) is 39.8 Å². The van der Waals surface area contributed by atoms with Gasteiger partial charge in [0, 0.05) is 19.0 Å². The second kappa shape index (κ2) is 6.94. The van der Waals surface area contributed by atoms with E-state index in [4.69, 9.17) is 4.74 Å². The lowest BCUT2D eigenvalue weighted by molar-refractivity contribution is -0.130. The van der Waals surface area contributed by atoms with E-state index in [0.717, 1.165) is 12.3 Å². The molecule has 0 unspecified atom stereocenters. The van der Waals surface area contributed by atoms with E-state index in [-0.39, 0.29) is 5.91 Å². The minimum absolute atomic E-state index is 0.272. The van der Waals surface area contributed by atoms with Gasteiger partial charge in [0.25, 0.3) is 0 Å². The summed E-state index contributed by atoms with van der Waals surface area (Å²) in [6.45, 7) is 8.48. The van der Waals surface area contributed by atoms with E-state index >= 15 is 0 Å². The first kappa shape index (κ1) is 15.8. The van der Waals surface area contributed by atoms with Gasteiger partial charge in [0.15, 0.2) is 0 Å². The first-order valence-electron chi connectivity index (χ1n) is 7.71. The highest BCUT2D eigenvalue weighted by Crippen LogP contribution is 2.24. The van der Waals surface area contributed by atoms with Gasteiger partial charge in [0.2, 0.25) is 5.91 Å². The van der Waals surface area contributed by atoms with Gasteiger partial charge in [0.1, 0.15) is 5.75 Å². The van der Waals surface area contributed by atoms with Crippen molar-refractivity contribution in [1.29, 1.82) is 0 Å². The highest BCUT2D eigenvalue weighted by Gasteiger charge is 2.34. The lowest BCUT2D eigenvalue weighted by atomic mass is 10.1. The maximum atomic E-state index is 12.0. The zero-order chi connectivity index (χ0) is 15.4. The van der Waals surface area contributed by atoms with Gasteiger partial charge in [0.05, 0.1) is 13.3 Å². The molecule has 0 aliphatic carbocycles. The minimum atomic E-state index is 0.272. The standard InChI is InChI=1S/C17H26N2O2/c1-5-21-16-8-6-15(7-9-16)11-18(4)12-19-14(3)13(2)10-17(19)20/h6-9,13-14H,5,10-12H2,1-4H3/t13-,14+/m1/s1. The predicted molar refractivity (Wildman–Crippen MR) is 84.0 cm³/mol. The largest absolute Gasteiger partial charge is 0.494 e. The van der Waals surface area contributed by atoms with Crippen molar-refractivity contribution < 1.29 is 9.53 Å². The molecule has 1 amide bonds. The fraction of sp³-hybridized carbons (Fsp3) is 0.588. The lowest BCUT2D eigenvalue weighted by Crippen LogP contribution is -2.40. The number of hydrogen-bond donors (Lipinski definition) is 0. The Labute approximate surface area is 127 Å². The minimum Gasteiger partial charge on any atom is -0.494 e. The summed E-state index contributed by atoms with van der Waals surface area (Å²) < 4.78 is 5.45. The topological polar surface area (TPSA) is 32.8 Å². The second-order valence-electron chi connectivity index (χ2n) is 6.02. The Morgan fingerprint density at radius 3 is 2.48 bits per heavy atom. The van der Waals surface area contributed by atoms with Crippen LogP contribution in [0.1, 0.15) is 32.8 Å². The zero-order valence-electron chi connectivity index (χ0n) is 13.5.